The molecule has 2 rings (SSSR count). The van der Waals surface area contributed by atoms with Crippen molar-refractivity contribution in [3.63, 3.8) is 0 Å². The highest BCUT2D eigenvalue weighted by Gasteiger charge is 2.14. The molecule has 0 aromatic heterocycles. The number of anilines is 1. The quantitative estimate of drug-likeness (QED) is 0.686. The number of carbonyl (C=O) groups excluding carboxylic acids is 2. The zero-order chi connectivity index (χ0) is 17.7. The minimum absolute atomic E-state index is 0.129. The van der Waals surface area contributed by atoms with Gasteiger partial charge in [0, 0.05) is 34.5 Å². The summed E-state index contributed by atoms with van der Waals surface area (Å²) in [5, 5.41) is 3.22. The Balaban J connectivity index is 1.88. The van der Waals surface area contributed by atoms with Crippen LogP contribution in [0.5, 0.6) is 0 Å². The first-order chi connectivity index (χ1) is 11.4. The molecule has 0 bridgehead atoms. The van der Waals surface area contributed by atoms with Crippen LogP contribution in [0.25, 0.3) is 0 Å². The van der Waals surface area contributed by atoms with E-state index in [1.54, 1.807) is 43.4 Å². The lowest BCUT2D eigenvalue weighted by Gasteiger charge is -2.19. The third-order valence-corrected chi connectivity index (χ3v) is 4.70. The highest BCUT2D eigenvalue weighted by Crippen LogP contribution is 2.28. The summed E-state index contributed by atoms with van der Waals surface area (Å²) in [6.45, 7) is 0.256. The second kappa shape index (κ2) is 8.65. The summed E-state index contributed by atoms with van der Waals surface area (Å²) in [7, 11) is 1.66. The van der Waals surface area contributed by atoms with Crippen molar-refractivity contribution in [2.45, 2.75) is 6.42 Å². The Labute approximate surface area is 162 Å². The van der Waals surface area contributed by atoms with Crippen LogP contribution in [0.4, 0.5) is 5.69 Å². The van der Waals surface area contributed by atoms with Gasteiger partial charge in [0.2, 0.25) is 5.91 Å². The summed E-state index contributed by atoms with van der Waals surface area (Å²) in [4.78, 5) is 25.7. The predicted molar refractivity (Wildman–Crippen MR) is 104 cm³/mol. The number of hydrogen-bond donors (Lipinski definition) is 1. The molecule has 0 spiro atoms. The molecule has 0 radical (unpaired) electrons. The van der Waals surface area contributed by atoms with Crippen molar-refractivity contribution in [2.75, 3.05) is 18.5 Å². The highest BCUT2D eigenvalue weighted by molar-refractivity contribution is 9.10. The number of nitrogens with one attached hydrogen (secondary N) is 1. The fourth-order valence-corrected chi connectivity index (χ4v) is 3.11. The van der Waals surface area contributed by atoms with Gasteiger partial charge in [-0.25, -0.2) is 0 Å². The summed E-state index contributed by atoms with van der Waals surface area (Å²) in [6, 6.07) is 12.3. The summed E-state index contributed by atoms with van der Waals surface area (Å²) < 4.78 is 1.75. The van der Waals surface area contributed by atoms with E-state index in [0.29, 0.717) is 16.3 Å². The third kappa shape index (κ3) is 5.06. The molecule has 0 unspecified atom stereocenters. The average Bonchev–Trinajstić information content (AvgIpc) is 2.54. The number of benzene rings is 2. The number of rotatable bonds is 5. The van der Waals surface area contributed by atoms with Crippen LogP contribution in [0.3, 0.4) is 0 Å². The van der Waals surface area contributed by atoms with Crippen LogP contribution >= 0.6 is 43.5 Å². The molecule has 0 fully saturated rings. The summed E-state index contributed by atoms with van der Waals surface area (Å²) in [6.07, 6.45) is 0.186. The van der Waals surface area contributed by atoms with Gasteiger partial charge in [-0.3, -0.25) is 9.59 Å². The molecule has 2 amide bonds. The third-order valence-electron chi connectivity index (χ3n) is 3.38. The van der Waals surface area contributed by atoms with Gasteiger partial charge in [0.1, 0.15) is 0 Å². The molecule has 24 heavy (non-hydrogen) atoms. The molecule has 0 heterocycles. The minimum atomic E-state index is -0.209. The van der Waals surface area contributed by atoms with E-state index in [-0.39, 0.29) is 24.8 Å². The molecular weight excluding hydrogens is 459 g/mol. The Morgan fingerprint density at radius 2 is 1.71 bits per heavy atom. The maximum Gasteiger partial charge on any atom is 0.251 e. The molecule has 0 saturated heterocycles. The molecule has 0 atom stereocenters. The lowest BCUT2D eigenvalue weighted by Crippen LogP contribution is -2.32. The Morgan fingerprint density at radius 3 is 2.33 bits per heavy atom. The molecule has 1 N–H and O–H groups in total. The molecule has 0 aliphatic rings. The van der Waals surface area contributed by atoms with Gasteiger partial charge in [-0.05, 0) is 42.5 Å². The van der Waals surface area contributed by atoms with Crippen LogP contribution < -0.4 is 10.2 Å². The number of halogens is 3. The summed E-state index contributed by atoms with van der Waals surface area (Å²) >= 11 is 12.8. The van der Waals surface area contributed by atoms with E-state index in [1.807, 2.05) is 6.07 Å². The Morgan fingerprint density at radius 1 is 1.08 bits per heavy atom. The van der Waals surface area contributed by atoms with Gasteiger partial charge >= 0.3 is 0 Å². The van der Waals surface area contributed by atoms with E-state index in [1.165, 1.54) is 4.90 Å². The second-order valence-electron chi connectivity index (χ2n) is 5.06. The zero-order valence-corrected chi connectivity index (χ0v) is 16.8. The molecule has 0 saturated carbocycles. The van der Waals surface area contributed by atoms with E-state index in [0.717, 1.165) is 8.95 Å². The highest BCUT2D eigenvalue weighted by atomic mass is 79.9. The van der Waals surface area contributed by atoms with Gasteiger partial charge in [-0.1, -0.05) is 43.5 Å². The second-order valence-corrected chi connectivity index (χ2v) is 7.30. The van der Waals surface area contributed by atoms with E-state index in [4.69, 9.17) is 11.6 Å². The fraction of sp³-hybridized carbons (Fsp3) is 0.176. The molecule has 0 aliphatic carbocycles. The summed E-state index contributed by atoms with van der Waals surface area (Å²) in [5.41, 5.74) is 1.18. The largest absolute Gasteiger partial charge is 0.352 e. The van der Waals surface area contributed by atoms with Crippen LogP contribution in [-0.2, 0) is 4.79 Å². The molecule has 2 aromatic rings. The maximum absolute atomic E-state index is 12.2. The standard InChI is InChI=1S/C17H15Br2ClN2O2/c1-22(15-7-6-13(19)10-14(15)20)16(23)8-9-21-17(24)11-2-4-12(18)5-3-11/h2-7,10H,8-9H2,1H3,(H,21,24). The smallest absolute Gasteiger partial charge is 0.251 e. The topological polar surface area (TPSA) is 49.4 Å². The van der Waals surface area contributed by atoms with Crippen LogP contribution in [-0.4, -0.2) is 25.4 Å². The number of carbonyl (C=O) groups is 2. The van der Waals surface area contributed by atoms with E-state index in [2.05, 4.69) is 37.2 Å². The van der Waals surface area contributed by atoms with Crippen LogP contribution in [0.15, 0.2) is 51.4 Å². The molecule has 2 aromatic carbocycles. The van der Waals surface area contributed by atoms with Crippen molar-refractivity contribution in [3.05, 3.63) is 62.0 Å². The minimum Gasteiger partial charge on any atom is -0.352 e. The van der Waals surface area contributed by atoms with Crippen molar-refractivity contribution < 1.29 is 9.59 Å². The van der Waals surface area contributed by atoms with Gasteiger partial charge in [-0.2, -0.15) is 0 Å². The fourth-order valence-electron chi connectivity index (χ4n) is 2.04. The molecule has 4 nitrogen and oxygen atoms in total. The molecule has 7 heteroatoms. The lowest BCUT2D eigenvalue weighted by atomic mass is 10.2. The average molecular weight is 475 g/mol. The predicted octanol–water partition coefficient (Wildman–Crippen LogP) is 4.65. The zero-order valence-electron chi connectivity index (χ0n) is 12.9. The van der Waals surface area contributed by atoms with Crippen LogP contribution in [0.1, 0.15) is 16.8 Å². The Bertz CT molecular complexity index is 751. The van der Waals surface area contributed by atoms with Crippen molar-refractivity contribution in [1.29, 1.82) is 0 Å². The van der Waals surface area contributed by atoms with E-state index < -0.39 is 0 Å². The first kappa shape index (κ1) is 19.0. The first-order valence-corrected chi connectivity index (χ1v) is 9.10. The van der Waals surface area contributed by atoms with Crippen molar-refractivity contribution >= 4 is 61.0 Å². The van der Waals surface area contributed by atoms with Crippen molar-refractivity contribution in [3.8, 4) is 0 Å². The van der Waals surface area contributed by atoms with Crippen molar-refractivity contribution in [1.82, 2.24) is 5.32 Å². The Hall–Kier alpha value is -1.37. The number of hydrogen-bond acceptors (Lipinski definition) is 2. The van der Waals surface area contributed by atoms with Gasteiger partial charge in [0.25, 0.3) is 5.91 Å². The Kier molecular flexibility index (Phi) is 6.83. The van der Waals surface area contributed by atoms with E-state index in [9.17, 15) is 9.59 Å². The van der Waals surface area contributed by atoms with Gasteiger partial charge < -0.3 is 10.2 Å². The SMILES string of the molecule is CN(C(=O)CCNC(=O)c1ccc(Br)cc1)c1ccc(Br)cc1Cl. The maximum atomic E-state index is 12.2. The van der Waals surface area contributed by atoms with Crippen LogP contribution in [0.2, 0.25) is 5.02 Å². The van der Waals surface area contributed by atoms with Crippen molar-refractivity contribution in [2.24, 2.45) is 0 Å². The summed E-state index contributed by atoms with van der Waals surface area (Å²) in [5.74, 6) is -0.338. The first-order valence-electron chi connectivity index (χ1n) is 7.14. The number of amides is 2. The van der Waals surface area contributed by atoms with Gasteiger partial charge in [0.05, 0.1) is 10.7 Å². The molecule has 0 aliphatic heterocycles. The molecule has 126 valence electrons. The van der Waals surface area contributed by atoms with E-state index >= 15 is 0 Å². The molecular formula is C17H15Br2ClN2O2. The van der Waals surface area contributed by atoms with Crippen LogP contribution in [0, 0.1) is 0 Å². The number of nitrogens with zero attached hydrogens (tertiary/aromatic N) is 1. The van der Waals surface area contributed by atoms with Gasteiger partial charge in [0.15, 0.2) is 0 Å². The lowest BCUT2D eigenvalue weighted by molar-refractivity contribution is -0.118. The normalized spacial score (nSPS) is 10.3. The van der Waals surface area contributed by atoms with Gasteiger partial charge in [-0.15, -0.1) is 0 Å². The monoisotopic (exact) mass is 472 g/mol.